The fourth-order valence-corrected chi connectivity index (χ4v) is 8.12. The molecule has 2 heterocycles. The predicted molar refractivity (Wildman–Crippen MR) is 201 cm³/mol. The highest BCUT2D eigenvalue weighted by Gasteiger charge is 2.36. The first-order valence-electron chi connectivity index (χ1n) is 16.9. The lowest BCUT2D eigenvalue weighted by atomic mass is 9.82. The van der Waals surface area contributed by atoms with Crippen molar-refractivity contribution in [1.29, 1.82) is 0 Å². The molecule has 0 unspecified atom stereocenters. The third-order valence-electron chi connectivity index (χ3n) is 10.5. The summed E-state index contributed by atoms with van der Waals surface area (Å²) in [4.78, 5) is 7.23. The van der Waals surface area contributed by atoms with Crippen LogP contribution in [0.3, 0.4) is 0 Å². The van der Waals surface area contributed by atoms with Gasteiger partial charge >= 0.3 is 0 Å². The average Bonchev–Trinajstić information content (AvgIpc) is 3.58. The van der Waals surface area contributed by atoms with Gasteiger partial charge in [-0.25, -0.2) is 4.98 Å². The summed E-state index contributed by atoms with van der Waals surface area (Å²) in [7, 11) is 0. The van der Waals surface area contributed by atoms with Gasteiger partial charge < -0.3 is 4.57 Å². The number of para-hydroxylation sites is 2. The second-order valence-electron chi connectivity index (χ2n) is 13.7. The number of allylic oxidation sites excluding steroid dienone is 4. The number of anilines is 2. The maximum atomic E-state index is 4.86. The van der Waals surface area contributed by atoms with Crippen LogP contribution in [0.2, 0.25) is 0 Å². The van der Waals surface area contributed by atoms with Crippen LogP contribution < -0.4 is 4.90 Å². The van der Waals surface area contributed by atoms with E-state index in [2.05, 4.69) is 170 Å². The van der Waals surface area contributed by atoms with E-state index in [1.165, 1.54) is 66.6 Å². The van der Waals surface area contributed by atoms with Crippen LogP contribution in [0.25, 0.3) is 44.2 Å². The van der Waals surface area contributed by atoms with Crippen molar-refractivity contribution < 1.29 is 0 Å². The van der Waals surface area contributed by atoms with Crippen molar-refractivity contribution in [2.75, 3.05) is 4.90 Å². The minimum atomic E-state index is -0.0698. The summed E-state index contributed by atoms with van der Waals surface area (Å²) in [6, 6.07) is 48.4. The highest BCUT2D eigenvalue weighted by atomic mass is 15.2. The fraction of sp³-hybridized carbons (Fsp3) is 0.133. The quantitative estimate of drug-likeness (QED) is 0.191. The molecule has 0 radical (unpaired) electrons. The Labute approximate surface area is 282 Å². The molecule has 0 bridgehead atoms. The zero-order valence-corrected chi connectivity index (χ0v) is 27.6. The molecule has 1 atom stereocenters. The number of hydrogen-bond acceptors (Lipinski definition) is 2. The largest absolute Gasteiger partial charge is 0.309 e. The van der Waals surface area contributed by atoms with Crippen molar-refractivity contribution in [1.82, 2.24) is 9.55 Å². The Kier molecular flexibility index (Phi) is 6.52. The average molecular weight is 620 g/mol. The molecule has 7 aromatic rings. The first-order chi connectivity index (χ1) is 23.5. The number of rotatable bonds is 5. The van der Waals surface area contributed by atoms with Gasteiger partial charge in [0, 0.05) is 45.4 Å². The molecule has 0 fully saturated rings. The minimum absolute atomic E-state index is 0.0698. The number of pyridine rings is 1. The molecule has 2 aliphatic carbocycles. The monoisotopic (exact) mass is 619 g/mol. The van der Waals surface area contributed by atoms with E-state index in [-0.39, 0.29) is 11.3 Å². The summed E-state index contributed by atoms with van der Waals surface area (Å²) >= 11 is 0. The van der Waals surface area contributed by atoms with Crippen LogP contribution in [0.1, 0.15) is 43.9 Å². The Hall–Kier alpha value is -5.67. The Morgan fingerprint density at radius 2 is 1.42 bits per heavy atom. The van der Waals surface area contributed by atoms with E-state index in [1.54, 1.807) is 0 Å². The predicted octanol–water partition coefficient (Wildman–Crippen LogP) is 11.6. The smallest absolute Gasteiger partial charge is 0.137 e. The zero-order chi connectivity index (χ0) is 32.4. The van der Waals surface area contributed by atoms with E-state index >= 15 is 0 Å². The molecule has 0 spiro atoms. The van der Waals surface area contributed by atoms with E-state index in [4.69, 9.17) is 4.98 Å². The van der Waals surface area contributed by atoms with E-state index in [0.29, 0.717) is 0 Å². The van der Waals surface area contributed by atoms with E-state index in [1.807, 2.05) is 12.3 Å². The van der Waals surface area contributed by atoms with Gasteiger partial charge in [0.1, 0.15) is 5.82 Å². The number of benzene rings is 5. The van der Waals surface area contributed by atoms with E-state index < -0.39 is 0 Å². The molecule has 5 aromatic carbocycles. The highest BCUT2D eigenvalue weighted by Crippen LogP contribution is 2.50. The summed E-state index contributed by atoms with van der Waals surface area (Å²) < 4.78 is 2.38. The number of nitrogens with zero attached hydrogens (tertiary/aromatic N) is 3. The lowest BCUT2D eigenvalue weighted by Gasteiger charge is -2.33. The van der Waals surface area contributed by atoms with Crippen molar-refractivity contribution in [3.8, 4) is 16.8 Å². The van der Waals surface area contributed by atoms with Crippen LogP contribution in [-0.2, 0) is 5.41 Å². The first-order valence-corrected chi connectivity index (χ1v) is 16.9. The minimum Gasteiger partial charge on any atom is -0.309 e. The van der Waals surface area contributed by atoms with Crippen molar-refractivity contribution in [3.05, 3.63) is 174 Å². The van der Waals surface area contributed by atoms with Gasteiger partial charge in [-0.05, 0) is 100 Å². The molecule has 0 saturated heterocycles. The third kappa shape index (κ3) is 4.38. The van der Waals surface area contributed by atoms with Gasteiger partial charge in [-0.1, -0.05) is 106 Å². The van der Waals surface area contributed by atoms with Gasteiger partial charge in [-0.3, -0.25) is 4.90 Å². The summed E-state index contributed by atoms with van der Waals surface area (Å²) in [5.74, 6) is 1.22. The van der Waals surface area contributed by atoms with Gasteiger partial charge in [0.15, 0.2) is 0 Å². The number of aromatic nitrogens is 2. The molecule has 3 heteroatoms. The molecule has 0 N–H and O–H groups in total. The molecule has 2 aliphatic rings. The number of fused-ring (bicyclic) bond motifs is 6. The van der Waals surface area contributed by atoms with Gasteiger partial charge in [-0.2, -0.15) is 0 Å². The lowest BCUT2D eigenvalue weighted by Crippen LogP contribution is -2.24. The third-order valence-corrected chi connectivity index (χ3v) is 10.5. The van der Waals surface area contributed by atoms with Crippen molar-refractivity contribution in [2.24, 2.45) is 5.92 Å². The Bertz CT molecular complexity index is 2410. The summed E-state index contributed by atoms with van der Waals surface area (Å²) in [6.45, 7) is 7.04. The van der Waals surface area contributed by atoms with Crippen molar-refractivity contribution >= 4 is 38.9 Å². The molecule has 9 rings (SSSR count). The van der Waals surface area contributed by atoms with E-state index in [0.717, 1.165) is 17.9 Å². The topological polar surface area (TPSA) is 21.1 Å². The van der Waals surface area contributed by atoms with Crippen LogP contribution >= 0.6 is 0 Å². The summed E-state index contributed by atoms with van der Waals surface area (Å²) in [6.07, 6.45) is 7.49. The summed E-state index contributed by atoms with van der Waals surface area (Å²) in [5, 5.41) is 2.56. The van der Waals surface area contributed by atoms with Gasteiger partial charge in [0.25, 0.3) is 0 Å². The van der Waals surface area contributed by atoms with Crippen LogP contribution in [0.15, 0.2) is 158 Å². The molecule has 232 valence electrons. The van der Waals surface area contributed by atoms with Gasteiger partial charge in [0.05, 0.1) is 11.0 Å². The fourth-order valence-electron chi connectivity index (χ4n) is 8.12. The van der Waals surface area contributed by atoms with Crippen LogP contribution in [-0.4, -0.2) is 9.55 Å². The Balaban J connectivity index is 1.14. The van der Waals surface area contributed by atoms with E-state index in [9.17, 15) is 0 Å². The lowest BCUT2D eigenvalue weighted by molar-refractivity contribution is 0.658. The second-order valence-corrected chi connectivity index (χ2v) is 13.7. The molecule has 3 nitrogen and oxygen atoms in total. The number of hydrogen-bond donors (Lipinski definition) is 0. The van der Waals surface area contributed by atoms with Crippen LogP contribution in [0.4, 0.5) is 11.5 Å². The molecule has 2 aromatic heterocycles. The van der Waals surface area contributed by atoms with Crippen molar-refractivity contribution in [2.45, 2.75) is 32.6 Å². The van der Waals surface area contributed by atoms with Gasteiger partial charge in [0.2, 0.25) is 0 Å². The normalized spacial score (nSPS) is 16.4. The zero-order valence-electron chi connectivity index (χ0n) is 27.6. The highest BCUT2D eigenvalue weighted by molar-refractivity contribution is 6.10. The maximum Gasteiger partial charge on any atom is 0.137 e. The molecule has 0 aliphatic heterocycles. The molecule has 0 saturated carbocycles. The standard InChI is InChI=1S/C45H37N3/c1-30-27-31(32-21-25-43-38(28-32)37-16-8-10-18-42(37)47(43)33-13-5-4-6-14-33)20-24-41(30)48(44-19-11-12-26-46-44)34-22-23-36-35-15-7-9-17-39(35)45(2,3)40(36)29-34/h4-26,28-30H,27H2,1-3H3/t30-/m1/s1. The van der Waals surface area contributed by atoms with Crippen LogP contribution in [0.5, 0.6) is 0 Å². The van der Waals surface area contributed by atoms with Crippen LogP contribution in [0, 0.1) is 5.92 Å². The first kappa shape index (κ1) is 28.5. The molecular formula is C45H37N3. The molecule has 48 heavy (non-hydrogen) atoms. The Morgan fingerprint density at radius 1 is 0.667 bits per heavy atom. The Morgan fingerprint density at radius 3 is 2.25 bits per heavy atom. The SMILES string of the molecule is C[C@@H]1CC(c2ccc3c(c2)c2ccccc2n3-c2ccccc2)=CC=C1N(c1ccc2c(c1)C(C)(C)c1ccccc1-2)c1ccccn1. The molecule has 0 amide bonds. The van der Waals surface area contributed by atoms with Gasteiger partial charge in [-0.15, -0.1) is 0 Å². The molecular weight excluding hydrogens is 583 g/mol. The second kappa shape index (κ2) is 11.0. The van der Waals surface area contributed by atoms with Crippen molar-refractivity contribution in [3.63, 3.8) is 0 Å². The maximum absolute atomic E-state index is 4.86. The summed E-state index contributed by atoms with van der Waals surface area (Å²) in [5.41, 5.74) is 14.1.